The van der Waals surface area contributed by atoms with Crippen molar-refractivity contribution in [2.24, 2.45) is 0 Å². The minimum Gasteiger partial charge on any atom is -0.488 e. The fourth-order valence-electron chi connectivity index (χ4n) is 2.29. The van der Waals surface area contributed by atoms with Gasteiger partial charge in [0.15, 0.2) is 11.5 Å². The third kappa shape index (κ3) is 3.52. The van der Waals surface area contributed by atoms with E-state index >= 15 is 0 Å². The van der Waals surface area contributed by atoms with Crippen LogP contribution in [0.3, 0.4) is 0 Å². The molecule has 0 saturated heterocycles. The average molecular weight is 299 g/mol. The van der Waals surface area contributed by atoms with Gasteiger partial charge in [-0.25, -0.2) is 0 Å². The maximum Gasteiger partial charge on any atom is 0.231 e. The van der Waals surface area contributed by atoms with Crippen molar-refractivity contribution in [2.75, 3.05) is 6.79 Å². The van der Waals surface area contributed by atoms with Gasteiger partial charge < -0.3 is 19.5 Å². The number of ether oxygens (including phenoxy) is 3. The number of fused-ring (bicyclic) bond motifs is 1. The van der Waals surface area contributed by atoms with Crippen molar-refractivity contribution in [3.63, 3.8) is 0 Å². The van der Waals surface area contributed by atoms with Crippen molar-refractivity contribution in [3.8, 4) is 17.2 Å². The minimum absolute atomic E-state index is 0.272. The molecule has 1 aliphatic rings. The van der Waals surface area contributed by atoms with E-state index in [1.807, 2.05) is 30.3 Å². The van der Waals surface area contributed by atoms with E-state index < -0.39 is 0 Å². The zero-order valence-corrected chi connectivity index (χ0v) is 13.0. The first-order valence-corrected chi connectivity index (χ1v) is 7.55. The topological polar surface area (TPSA) is 39.7 Å². The van der Waals surface area contributed by atoms with Crippen molar-refractivity contribution in [1.82, 2.24) is 5.32 Å². The first-order chi connectivity index (χ1) is 10.7. The zero-order valence-electron chi connectivity index (χ0n) is 13.0. The summed E-state index contributed by atoms with van der Waals surface area (Å²) < 4.78 is 16.9. The molecule has 1 aliphatic heterocycles. The number of hydrogen-bond donors (Lipinski definition) is 1. The summed E-state index contributed by atoms with van der Waals surface area (Å²) in [6.45, 7) is 5.79. The van der Waals surface area contributed by atoms with E-state index in [9.17, 15) is 0 Å². The molecule has 1 heterocycles. The molecule has 0 aromatic heterocycles. The van der Waals surface area contributed by atoms with Gasteiger partial charge in [-0.2, -0.15) is 0 Å². The third-order valence-corrected chi connectivity index (χ3v) is 3.49. The van der Waals surface area contributed by atoms with Crippen LogP contribution in [0.25, 0.3) is 0 Å². The summed E-state index contributed by atoms with van der Waals surface area (Å²) in [5, 5.41) is 3.42. The minimum atomic E-state index is 0.272. The summed E-state index contributed by atoms with van der Waals surface area (Å²) in [7, 11) is 0. The highest BCUT2D eigenvalue weighted by atomic mass is 16.7. The Hall–Kier alpha value is -2.20. The van der Waals surface area contributed by atoms with Gasteiger partial charge in [0.05, 0.1) is 0 Å². The Morgan fingerprint density at radius 2 is 1.82 bits per heavy atom. The molecule has 0 amide bonds. The van der Waals surface area contributed by atoms with Crippen molar-refractivity contribution >= 4 is 0 Å². The molecule has 0 unspecified atom stereocenters. The first-order valence-electron chi connectivity index (χ1n) is 7.55. The highest BCUT2D eigenvalue weighted by Crippen LogP contribution is 2.38. The van der Waals surface area contributed by atoms with E-state index in [4.69, 9.17) is 14.2 Å². The van der Waals surface area contributed by atoms with Crippen molar-refractivity contribution in [2.45, 2.75) is 33.0 Å². The van der Waals surface area contributed by atoms with E-state index in [-0.39, 0.29) is 6.79 Å². The Morgan fingerprint density at radius 1 is 1.09 bits per heavy atom. The summed E-state index contributed by atoms with van der Waals surface area (Å²) in [5.41, 5.74) is 2.22. The molecule has 4 nitrogen and oxygen atoms in total. The predicted octanol–water partition coefficient (Wildman–Crippen LogP) is 3.49. The summed E-state index contributed by atoms with van der Waals surface area (Å²) in [5.74, 6) is 2.37. The molecule has 4 heteroatoms. The normalized spacial score (nSPS) is 12.7. The smallest absolute Gasteiger partial charge is 0.231 e. The number of hydrogen-bond acceptors (Lipinski definition) is 4. The molecule has 0 fully saturated rings. The Morgan fingerprint density at radius 3 is 2.55 bits per heavy atom. The second-order valence-electron chi connectivity index (χ2n) is 5.62. The average Bonchev–Trinajstić information content (AvgIpc) is 2.98. The molecule has 2 aromatic carbocycles. The van der Waals surface area contributed by atoms with Gasteiger partial charge in [0.1, 0.15) is 12.4 Å². The van der Waals surface area contributed by atoms with Crippen LogP contribution >= 0.6 is 0 Å². The maximum absolute atomic E-state index is 6.01. The Bertz CT molecular complexity index is 626. The molecule has 116 valence electrons. The van der Waals surface area contributed by atoms with E-state index in [1.165, 1.54) is 0 Å². The van der Waals surface area contributed by atoms with Gasteiger partial charge in [-0.1, -0.05) is 44.2 Å². The van der Waals surface area contributed by atoms with E-state index in [0.29, 0.717) is 12.6 Å². The van der Waals surface area contributed by atoms with Crippen molar-refractivity contribution in [1.29, 1.82) is 0 Å². The van der Waals surface area contributed by atoms with Gasteiger partial charge in [-0.15, -0.1) is 0 Å². The van der Waals surface area contributed by atoms with E-state index in [1.54, 1.807) is 0 Å². The van der Waals surface area contributed by atoms with Crippen LogP contribution in [0.4, 0.5) is 0 Å². The summed E-state index contributed by atoms with van der Waals surface area (Å²) in [6, 6.07) is 14.5. The van der Waals surface area contributed by atoms with Gasteiger partial charge in [0.2, 0.25) is 6.79 Å². The fourth-order valence-corrected chi connectivity index (χ4v) is 2.29. The Labute approximate surface area is 131 Å². The van der Waals surface area contributed by atoms with E-state index in [0.717, 1.165) is 34.9 Å². The van der Waals surface area contributed by atoms with Crippen LogP contribution in [0.1, 0.15) is 25.0 Å². The zero-order chi connectivity index (χ0) is 15.4. The SMILES string of the molecule is CC(C)NCc1cc2c(cc1OCc1ccccc1)OCO2. The first kappa shape index (κ1) is 14.7. The largest absolute Gasteiger partial charge is 0.488 e. The molecule has 0 spiro atoms. The molecule has 0 bridgehead atoms. The molecule has 0 saturated carbocycles. The lowest BCUT2D eigenvalue weighted by Gasteiger charge is -2.15. The Balaban J connectivity index is 1.78. The second kappa shape index (κ2) is 6.71. The molecule has 3 rings (SSSR count). The van der Waals surface area contributed by atoms with Crippen LogP contribution in [-0.2, 0) is 13.2 Å². The molecular weight excluding hydrogens is 278 g/mol. The number of benzene rings is 2. The lowest BCUT2D eigenvalue weighted by molar-refractivity contribution is 0.173. The highest BCUT2D eigenvalue weighted by Gasteiger charge is 2.18. The quantitative estimate of drug-likeness (QED) is 0.886. The van der Waals surface area contributed by atoms with Crippen LogP contribution in [-0.4, -0.2) is 12.8 Å². The van der Waals surface area contributed by atoms with Gasteiger partial charge in [0, 0.05) is 24.2 Å². The fraction of sp³-hybridized carbons (Fsp3) is 0.333. The van der Waals surface area contributed by atoms with Crippen LogP contribution < -0.4 is 19.5 Å². The lowest BCUT2D eigenvalue weighted by Crippen LogP contribution is -2.22. The molecule has 0 aliphatic carbocycles. The predicted molar refractivity (Wildman–Crippen MR) is 85.3 cm³/mol. The maximum atomic E-state index is 6.01. The molecule has 22 heavy (non-hydrogen) atoms. The van der Waals surface area contributed by atoms with Gasteiger partial charge in [-0.3, -0.25) is 0 Å². The van der Waals surface area contributed by atoms with Gasteiger partial charge >= 0.3 is 0 Å². The molecule has 0 radical (unpaired) electrons. The molecule has 2 aromatic rings. The molecular formula is C18H21NO3. The van der Waals surface area contributed by atoms with Crippen LogP contribution in [0.5, 0.6) is 17.2 Å². The monoisotopic (exact) mass is 299 g/mol. The lowest BCUT2D eigenvalue weighted by atomic mass is 10.1. The van der Waals surface area contributed by atoms with Crippen molar-refractivity contribution in [3.05, 3.63) is 53.6 Å². The second-order valence-corrected chi connectivity index (χ2v) is 5.62. The third-order valence-electron chi connectivity index (χ3n) is 3.49. The van der Waals surface area contributed by atoms with Crippen LogP contribution in [0, 0.1) is 0 Å². The van der Waals surface area contributed by atoms with Gasteiger partial charge in [0.25, 0.3) is 0 Å². The van der Waals surface area contributed by atoms with Gasteiger partial charge in [-0.05, 0) is 11.6 Å². The van der Waals surface area contributed by atoms with Crippen LogP contribution in [0.15, 0.2) is 42.5 Å². The number of nitrogens with one attached hydrogen (secondary N) is 1. The van der Waals surface area contributed by atoms with E-state index in [2.05, 4.69) is 31.3 Å². The van der Waals surface area contributed by atoms with Crippen molar-refractivity contribution < 1.29 is 14.2 Å². The highest BCUT2D eigenvalue weighted by molar-refractivity contribution is 5.51. The van der Waals surface area contributed by atoms with Crippen LogP contribution in [0.2, 0.25) is 0 Å². The summed E-state index contributed by atoms with van der Waals surface area (Å²) >= 11 is 0. The standard InChI is InChI=1S/C18H21NO3/c1-13(2)19-10-15-8-17-18(22-12-21-17)9-16(15)20-11-14-6-4-3-5-7-14/h3-9,13,19H,10-12H2,1-2H3. The summed E-state index contributed by atoms with van der Waals surface area (Å²) in [6.07, 6.45) is 0. The molecule has 0 atom stereocenters. The summed E-state index contributed by atoms with van der Waals surface area (Å²) in [4.78, 5) is 0. The Kier molecular flexibility index (Phi) is 4.49. The molecule has 1 N–H and O–H groups in total. The number of rotatable bonds is 6.